The number of nitrogens with zero attached hydrogens (tertiary/aromatic N) is 4. The number of aromatic nitrogens is 1. The lowest BCUT2D eigenvalue weighted by molar-refractivity contribution is 0.589. The van der Waals surface area contributed by atoms with E-state index in [1.165, 1.54) is 134 Å². The molecule has 0 radical (unpaired) electrons. The highest BCUT2D eigenvalue weighted by atomic mass is 15.2. The van der Waals surface area contributed by atoms with Crippen molar-refractivity contribution in [2.24, 2.45) is 0 Å². The van der Waals surface area contributed by atoms with Crippen molar-refractivity contribution in [3.8, 4) is 16.8 Å². The Morgan fingerprint density at radius 3 is 1.57 bits per heavy atom. The molecule has 0 atom stereocenters. The molecule has 0 saturated carbocycles. The van der Waals surface area contributed by atoms with Crippen molar-refractivity contribution in [2.75, 3.05) is 14.7 Å². The van der Waals surface area contributed by atoms with Crippen molar-refractivity contribution in [3.63, 3.8) is 0 Å². The zero-order chi connectivity index (χ0) is 57.3. The minimum absolute atomic E-state index is 0.0223. The van der Waals surface area contributed by atoms with Gasteiger partial charge in [-0.3, -0.25) is 0 Å². The summed E-state index contributed by atoms with van der Waals surface area (Å²) in [5.41, 5.74) is 30.6. The van der Waals surface area contributed by atoms with Crippen molar-refractivity contribution in [1.82, 2.24) is 4.57 Å². The van der Waals surface area contributed by atoms with Gasteiger partial charge in [0.2, 0.25) is 0 Å². The Morgan fingerprint density at radius 1 is 0.366 bits per heavy atom. The molecule has 0 amide bonds. The van der Waals surface area contributed by atoms with Crippen molar-refractivity contribution in [1.29, 1.82) is 0 Å². The summed E-state index contributed by atoms with van der Waals surface area (Å²) in [6.45, 7) is 32.4. The summed E-state index contributed by atoms with van der Waals surface area (Å²) < 4.78 is 2.44. The Morgan fingerprint density at radius 2 is 0.927 bits per heavy atom. The van der Waals surface area contributed by atoms with E-state index in [4.69, 9.17) is 0 Å². The first-order chi connectivity index (χ1) is 39.1. The van der Waals surface area contributed by atoms with Crippen LogP contribution in [0.15, 0.2) is 200 Å². The molecule has 406 valence electrons. The van der Waals surface area contributed by atoms with Gasteiger partial charge in [-0.2, -0.15) is 0 Å². The zero-order valence-electron chi connectivity index (χ0n) is 50.4. The van der Waals surface area contributed by atoms with Gasteiger partial charge in [0.15, 0.2) is 0 Å². The number of hydrogen-bond acceptors (Lipinski definition) is 3. The van der Waals surface area contributed by atoms with E-state index in [0.717, 1.165) is 17.1 Å². The second-order valence-corrected chi connectivity index (χ2v) is 26.6. The maximum absolute atomic E-state index is 2.65. The molecule has 2 aliphatic rings. The summed E-state index contributed by atoms with van der Waals surface area (Å²) in [5, 5.41) is 2.47. The minimum Gasteiger partial charge on any atom is -0.311 e. The van der Waals surface area contributed by atoms with Gasteiger partial charge >= 0.3 is 0 Å². The fourth-order valence-corrected chi connectivity index (χ4v) is 13.6. The van der Waals surface area contributed by atoms with Crippen LogP contribution in [0.1, 0.15) is 107 Å². The monoisotopic (exact) mass is 1070 g/mol. The lowest BCUT2D eigenvalue weighted by atomic mass is 9.33. The van der Waals surface area contributed by atoms with E-state index in [9.17, 15) is 0 Å². The van der Waals surface area contributed by atoms with Gasteiger partial charge in [-0.1, -0.05) is 178 Å². The van der Waals surface area contributed by atoms with E-state index >= 15 is 0 Å². The van der Waals surface area contributed by atoms with Gasteiger partial charge in [-0.05, 0) is 208 Å². The third kappa shape index (κ3) is 8.74. The van der Waals surface area contributed by atoms with Crippen molar-refractivity contribution >= 4 is 96.1 Å². The molecule has 3 heterocycles. The Balaban J connectivity index is 1.12. The van der Waals surface area contributed by atoms with Crippen LogP contribution in [-0.2, 0) is 16.2 Å². The number of fused-ring (bicyclic) bond motifs is 7. The predicted octanol–water partition coefficient (Wildman–Crippen LogP) is 19.4. The minimum atomic E-state index is -0.0706. The van der Waals surface area contributed by atoms with Crippen molar-refractivity contribution in [3.05, 3.63) is 245 Å². The molecule has 2 aliphatic heterocycles. The highest BCUT2D eigenvalue weighted by Crippen LogP contribution is 2.50. The number of hydrogen-bond donors (Lipinski definition) is 0. The van der Waals surface area contributed by atoms with Gasteiger partial charge in [0, 0.05) is 56.3 Å². The molecule has 0 fully saturated rings. The van der Waals surface area contributed by atoms with Crippen LogP contribution in [0.3, 0.4) is 0 Å². The molecule has 13 rings (SSSR count). The SMILES string of the molecule is Cc1cc2c3c(c1)N(c1c(C)cc(-c4ccccc4)cc1C)c1cc(N(c4ccc5c6ccccc6n(-c6ccccc6)c5c4)c4c(C)cc(C(C)(C)C)cc4C)ccc1B3c1cc(C(C)(C)C)ccc1N2c1ccc(C(C)(C)C)cc1. The van der Waals surface area contributed by atoms with Gasteiger partial charge in [0.25, 0.3) is 6.71 Å². The highest BCUT2D eigenvalue weighted by molar-refractivity contribution is 7.00. The molecule has 0 saturated heterocycles. The van der Waals surface area contributed by atoms with Crippen LogP contribution >= 0.6 is 0 Å². The quantitative estimate of drug-likeness (QED) is 0.148. The first-order valence-electron chi connectivity index (χ1n) is 29.4. The van der Waals surface area contributed by atoms with Crippen LogP contribution in [0.5, 0.6) is 0 Å². The van der Waals surface area contributed by atoms with Gasteiger partial charge in [-0.25, -0.2) is 0 Å². The molecular formula is C77H75BN4. The first-order valence-corrected chi connectivity index (χ1v) is 29.4. The Kier molecular flexibility index (Phi) is 12.4. The number of benzene rings is 10. The number of aryl methyl sites for hydroxylation is 5. The molecule has 82 heavy (non-hydrogen) atoms. The van der Waals surface area contributed by atoms with Crippen LogP contribution in [0.25, 0.3) is 38.6 Å². The summed E-state index contributed by atoms with van der Waals surface area (Å²) in [4.78, 5) is 7.77. The summed E-state index contributed by atoms with van der Waals surface area (Å²) in [7, 11) is 0. The summed E-state index contributed by atoms with van der Waals surface area (Å²) >= 11 is 0. The number of anilines is 9. The van der Waals surface area contributed by atoms with E-state index in [1.54, 1.807) is 0 Å². The summed E-state index contributed by atoms with van der Waals surface area (Å²) in [6, 6.07) is 76.4. The Labute approximate surface area is 487 Å². The van der Waals surface area contributed by atoms with Gasteiger partial charge < -0.3 is 19.3 Å². The lowest BCUT2D eigenvalue weighted by Gasteiger charge is -2.45. The largest absolute Gasteiger partial charge is 0.311 e. The Hall–Kier alpha value is -8.54. The molecule has 0 unspecified atom stereocenters. The van der Waals surface area contributed by atoms with E-state index < -0.39 is 0 Å². The van der Waals surface area contributed by atoms with Gasteiger partial charge in [-0.15, -0.1) is 0 Å². The molecule has 5 heteroatoms. The zero-order valence-corrected chi connectivity index (χ0v) is 50.4. The molecule has 0 spiro atoms. The molecule has 0 bridgehead atoms. The molecule has 11 aromatic rings. The standard InChI is InChI=1S/C77H75BN4/c1-48-39-70-72-71(40-48)82(74-49(2)41-54(42-50(74)3)53-23-17-15-18-24-53)69-47-61(35-37-64(69)78(72)65-45-56(76(9,10)11)31-38-67(65)81(70)59-32-29-55(30-33-59)75(6,7)8)79(73-51(4)43-57(44-52(73)5)77(12,13)14)60-34-36-63-62-27-21-22-28-66(62)80(68(63)46-60)58-25-19-16-20-26-58/h15-47H,1-14H3. The number of para-hydroxylation sites is 2. The maximum atomic E-state index is 2.65. The van der Waals surface area contributed by atoms with Crippen LogP contribution in [-0.4, -0.2) is 11.3 Å². The third-order valence-corrected chi connectivity index (χ3v) is 17.6. The summed E-state index contributed by atoms with van der Waals surface area (Å²) in [6.07, 6.45) is 0. The van der Waals surface area contributed by atoms with E-state index in [-0.39, 0.29) is 23.0 Å². The van der Waals surface area contributed by atoms with Crippen LogP contribution in [0, 0.1) is 34.6 Å². The van der Waals surface area contributed by atoms with E-state index in [2.05, 4.69) is 316 Å². The van der Waals surface area contributed by atoms with Crippen LogP contribution in [0.2, 0.25) is 0 Å². The first kappa shape index (κ1) is 52.8. The molecule has 4 nitrogen and oxygen atoms in total. The molecule has 1 aromatic heterocycles. The van der Waals surface area contributed by atoms with Crippen LogP contribution in [0.4, 0.5) is 51.2 Å². The van der Waals surface area contributed by atoms with Crippen molar-refractivity contribution in [2.45, 2.75) is 113 Å². The molecule has 10 aromatic carbocycles. The predicted molar refractivity (Wildman–Crippen MR) is 355 cm³/mol. The fraction of sp³-hybridized carbons (Fsp3) is 0.221. The van der Waals surface area contributed by atoms with Gasteiger partial charge in [0.1, 0.15) is 0 Å². The van der Waals surface area contributed by atoms with Gasteiger partial charge in [0.05, 0.1) is 22.4 Å². The van der Waals surface area contributed by atoms with E-state index in [0.29, 0.717) is 0 Å². The van der Waals surface area contributed by atoms with Crippen molar-refractivity contribution < 1.29 is 0 Å². The number of rotatable bonds is 7. The topological polar surface area (TPSA) is 14.7 Å². The second kappa shape index (κ2) is 19.3. The lowest BCUT2D eigenvalue weighted by Crippen LogP contribution is -2.61. The maximum Gasteiger partial charge on any atom is 0.252 e. The normalized spacial score (nSPS) is 13.2. The average molecular weight is 1070 g/mol. The Bertz CT molecular complexity index is 4290. The summed E-state index contributed by atoms with van der Waals surface area (Å²) in [5.74, 6) is 0. The van der Waals surface area contributed by atoms with Crippen LogP contribution < -0.4 is 31.1 Å². The molecule has 0 N–H and O–H groups in total. The third-order valence-electron chi connectivity index (χ3n) is 17.6. The smallest absolute Gasteiger partial charge is 0.252 e. The molecule has 0 aliphatic carbocycles. The fourth-order valence-electron chi connectivity index (χ4n) is 13.6. The average Bonchev–Trinajstić information content (AvgIpc) is 0.969. The highest BCUT2D eigenvalue weighted by Gasteiger charge is 2.45. The molecular weight excluding hydrogens is 992 g/mol. The second-order valence-electron chi connectivity index (χ2n) is 26.6. The van der Waals surface area contributed by atoms with E-state index in [1.807, 2.05) is 0 Å².